The van der Waals surface area contributed by atoms with Crippen molar-refractivity contribution in [1.29, 1.82) is 0 Å². The van der Waals surface area contributed by atoms with Crippen LogP contribution in [0.25, 0.3) is 0 Å². The molecule has 0 radical (unpaired) electrons. The third kappa shape index (κ3) is 28.7. The SMILES string of the molecule is CCCCCCCCCCCCCCCC(=O)NC(CCC)C(O)CCCCCCCCCCCCCCC. The number of aliphatic hydroxyl groups excluding tert-OH is 1. The maximum Gasteiger partial charge on any atom is 0.220 e. The third-order valence-corrected chi connectivity index (χ3v) is 8.52. The summed E-state index contributed by atoms with van der Waals surface area (Å²) in [5.41, 5.74) is 0. The molecule has 39 heavy (non-hydrogen) atoms. The summed E-state index contributed by atoms with van der Waals surface area (Å²) in [6.45, 7) is 6.70. The van der Waals surface area contributed by atoms with Crippen molar-refractivity contribution in [2.45, 2.75) is 226 Å². The highest BCUT2D eigenvalue weighted by molar-refractivity contribution is 5.76. The molecular weight excluding hydrogens is 478 g/mol. The average molecular weight is 552 g/mol. The lowest BCUT2D eigenvalue weighted by Gasteiger charge is -2.24. The molecule has 0 aromatic carbocycles. The zero-order valence-electron chi connectivity index (χ0n) is 27.2. The normalized spacial score (nSPS) is 13.0. The lowest BCUT2D eigenvalue weighted by Crippen LogP contribution is -2.43. The Balaban J connectivity index is 3.66. The van der Waals surface area contributed by atoms with Crippen molar-refractivity contribution in [1.82, 2.24) is 5.32 Å². The van der Waals surface area contributed by atoms with E-state index < -0.39 is 6.10 Å². The highest BCUT2D eigenvalue weighted by Gasteiger charge is 2.20. The molecule has 0 aromatic rings. The lowest BCUT2D eigenvalue weighted by atomic mass is 9.98. The number of hydrogen-bond acceptors (Lipinski definition) is 2. The predicted molar refractivity (Wildman–Crippen MR) is 173 cm³/mol. The fourth-order valence-electron chi connectivity index (χ4n) is 5.83. The number of nitrogens with one attached hydrogen (secondary N) is 1. The van der Waals surface area contributed by atoms with E-state index in [0.29, 0.717) is 6.42 Å². The molecule has 0 spiro atoms. The molecule has 3 heteroatoms. The van der Waals surface area contributed by atoms with Gasteiger partial charge in [0.15, 0.2) is 0 Å². The Bertz CT molecular complexity index is 481. The first-order valence-electron chi connectivity index (χ1n) is 18.1. The molecule has 0 rings (SSSR count). The summed E-state index contributed by atoms with van der Waals surface area (Å²) in [4.78, 5) is 12.5. The zero-order chi connectivity index (χ0) is 28.7. The van der Waals surface area contributed by atoms with E-state index in [9.17, 15) is 9.90 Å². The van der Waals surface area contributed by atoms with Crippen LogP contribution in [-0.4, -0.2) is 23.2 Å². The summed E-state index contributed by atoms with van der Waals surface area (Å²) in [5.74, 6) is 0.140. The summed E-state index contributed by atoms with van der Waals surface area (Å²) in [6, 6.07) is -0.0678. The number of amides is 1. The van der Waals surface area contributed by atoms with E-state index in [1.165, 1.54) is 148 Å². The van der Waals surface area contributed by atoms with Gasteiger partial charge in [-0.15, -0.1) is 0 Å². The summed E-state index contributed by atoms with van der Waals surface area (Å²) in [6.07, 6.45) is 37.7. The minimum absolute atomic E-state index is 0.0678. The van der Waals surface area contributed by atoms with E-state index in [-0.39, 0.29) is 11.9 Å². The second kappa shape index (κ2) is 32.0. The molecule has 0 fully saturated rings. The molecule has 0 saturated heterocycles. The molecule has 0 aromatic heterocycles. The van der Waals surface area contributed by atoms with Crippen LogP contribution in [0.1, 0.15) is 213 Å². The van der Waals surface area contributed by atoms with Crippen LogP contribution in [0.4, 0.5) is 0 Å². The average Bonchev–Trinajstić information content (AvgIpc) is 2.93. The molecule has 0 heterocycles. The topological polar surface area (TPSA) is 49.3 Å². The first kappa shape index (κ1) is 38.4. The van der Waals surface area contributed by atoms with Gasteiger partial charge in [-0.3, -0.25) is 4.79 Å². The van der Waals surface area contributed by atoms with Gasteiger partial charge >= 0.3 is 0 Å². The highest BCUT2D eigenvalue weighted by Crippen LogP contribution is 2.16. The van der Waals surface area contributed by atoms with Gasteiger partial charge in [0.1, 0.15) is 0 Å². The van der Waals surface area contributed by atoms with Gasteiger partial charge in [0, 0.05) is 6.42 Å². The molecule has 1 amide bonds. The molecule has 0 bridgehead atoms. The number of unbranched alkanes of at least 4 members (excludes halogenated alkanes) is 24. The molecule has 0 saturated carbocycles. The van der Waals surface area contributed by atoms with E-state index in [2.05, 4.69) is 26.1 Å². The van der Waals surface area contributed by atoms with Crippen molar-refractivity contribution in [2.75, 3.05) is 0 Å². The second-order valence-electron chi connectivity index (χ2n) is 12.6. The van der Waals surface area contributed by atoms with Crippen LogP contribution < -0.4 is 5.32 Å². The maximum absolute atomic E-state index is 12.5. The highest BCUT2D eigenvalue weighted by atomic mass is 16.3. The number of carbonyl (C=O) groups excluding carboxylic acids is 1. The Kier molecular flexibility index (Phi) is 31.5. The molecular formula is C36H73NO2. The van der Waals surface area contributed by atoms with Crippen molar-refractivity contribution in [3.05, 3.63) is 0 Å². The summed E-state index contributed by atoms with van der Waals surface area (Å²) in [5, 5.41) is 13.9. The minimum atomic E-state index is -0.395. The van der Waals surface area contributed by atoms with E-state index >= 15 is 0 Å². The molecule has 2 atom stereocenters. The smallest absolute Gasteiger partial charge is 0.220 e. The van der Waals surface area contributed by atoms with Gasteiger partial charge in [0.05, 0.1) is 12.1 Å². The van der Waals surface area contributed by atoms with Crippen LogP contribution in [0.15, 0.2) is 0 Å². The Morgan fingerprint density at radius 1 is 0.462 bits per heavy atom. The van der Waals surface area contributed by atoms with Crippen molar-refractivity contribution in [3.8, 4) is 0 Å². The monoisotopic (exact) mass is 552 g/mol. The van der Waals surface area contributed by atoms with Gasteiger partial charge in [-0.25, -0.2) is 0 Å². The van der Waals surface area contributed by atoms with Crippen LogP contribution in [-0.2, 0) is 4.79 Å². The van der Waals surface area contributed by atoms with E-state index in [0.717, 1.165) is 38.5 Å². The predicted octanol–water partition coefficient (Wildman–Crippen LogP) is 11.6. The van der Waals surface area contributed by atoms with Crippen LogP contribution in [0.5, 0.6) is 0 Å². The number of carbonyl (C=O) groups is 1. The number of rotatable bonds is 32. The van der Waals surface area contributed by atoms with Crippen molar-refractivity contribution < 1.29 is 9.90 Å². The Hall–Kier alpha value is -0.570. The molecule has 2 N–H and O–H groups in total. The van der Waals surface area contributed by atoms with Crippen LogP contribution in [0.2, 0.25) is 0 Å². The summed E-state index contributed by atoms with van der Waals surface area (Å²) >= 11 is 0. The summed E-state index contributed by atoms with van der Waals surface area (Å²) in [7, 11) is 0. The van der Waals surface area contributed by atoms with Crippen LogP contribution in [0, 0.1) is 0 Å². The largest absolute Gasteiger partial charge is 0.391 e. The first-order chi connectivity index (χ1) is 19.2. The van der Waals surface area contributed by atoms with E-state index in [4.69, 9.17) is 0 Å². The van der Waals surface area contributed by atoms with Gasteiger partial charge in [-0.05, 0) is 19.3 Å². The Morgan fingerprint density at radius 3 is 1.15 bits per heavy atom. The Labute approximate surface area is 246 Å². The molecule has 2 unspecified atom stereocenters. The first-order valence-corrected chi connectivity index (χ1v) is 18.1. The quantitative estimate of drug-likeness (QED) is 0.0817. The zero-order valence-corrected chi connectivity index (χ0v) is 27.2. The Morgan fingerprint density at radius 2 is 0.795 bits per heavy atom. The van der Waals surface area contributed by atoms with E-state index in [1.807, 2.05) is 0 Å². The number of aliphatic hydroxyl groups is 1. The lowest BCUT2D eigenvalue weighted by molar-refractivity contribution is -0.122. The minimum Gasteiger partial charge on any atom is -0.391 e. The summed E-state index contributed by atoms with van der Waals surface area (Å²) < 4.78 is 0. The third-order valence-electron chi connectivity index (χ3n) is 8.52. The van der Waals surface area contributed by atoms with Crippen LogP contribution in [0.3, 0.4) is 0 Å². The fourth-order valence-corrected chi connectivity index (χ4v) is 5.83. The molecule has 0 aliphatic heterocycles. The fraction of sp³-hybridized carbons (Fsp3) is 0.972. The standard InChI is InChI=1S/C36H73NO2/c1-4-7-9-11-13-15-17-19-21-23-25-27-29-32-35(38)34(31-6-3)37-36(39)33-30-28-26-24-22-20-18-16-14-12-10-8-5-2/h34-35,38H,4-33H2,1-3H3,(H,37,39). The van der Waals surface area contributed by atoms with Crippen molar-refractivity contribution in [3.63, 3.8) is 0 Å². The van der Waals surface area contributed by atoms with Gasteiger partial charge in [-0.1, -0.05) is 188 Å². The molecule has 0 aliphatic carbocycles. The maximum atomic E-state index is 12.5. The van der Waals surface area contributed by atoms with E-state index in [1.54, 1.807) is 0 Å². The van der Waals surface area contributed by atoms with Crippen molar-refractivity contribution >= 4 is 5.91 Å². The van der Waals surface area contributed by atoms with Crippen molar-refractivity contribution in [2.24, 2.45) is 0 Å². The van der Waals surface area contributed by atoms with Gasteiger partial charge < -0.3 is 10.4 Å². The molecule has 0 aliphatic rings. The molecule has 3 nitrogen and oxygen atoms in total. The number of hydrogen-bond donors (Lipinski definition) is 2. The van der Waals surface area contributed by atoms with Gasteiger partial charge in [0.2, 0.25) is 5.91 Å². The van der Waals surface area contributed by atoms with Gasteiger partial charge in [-0.2, -0.15) is 0 Å². The van der Waals surface area contributed by atoms with Crippen LogP contribution >= 0.6 is 0 Å². The molecule has 234 valence electrons. The second-order valence-corrected chi connectivity index (χ2v) is 12.6. The van der Waals surface area contributed by atoms with Gasteiger partial charge in [0.25, 0.3) is 0 Å².